The second kappa shape index (κ2) is 59.2. The van der Waals surface area contributed by atoms with Crippen LogP contribution < -0.4 is 0 Å². The Morgan fingerprint density at radius 2 is 0.549 bits per heavy atom. The highest BCUT2D eigenvalue weighted by Crippen LogP contribution is 2.16. The van der Waals surface area contributed by atoms with Crippen LogP contribution in [0.25, 0.3) is 0 Å². The van der Waals surface area contributed by atoms with Crippen LogP contribution in [0, 0.1) is 0 Å². The normalized spacial score (nSPS) is 12.7. The Bertz CT molecular complexity index is 1370. The molecule has 0 aromatic carbocycles. The largest absolute Gasteiger partial charge is 0.462 e. The molecule has 6 nitrogen and oxygen atoms in total. The van der Waals surface area contributed by atoms with Crippen molar-refractivity contribution >= 4 is 17.9 Å². The van der Waals surface area contributed by atoms with Crippen molar-refractivity contribution in [1.29, 1.82) is 0 Å². The quantitative estimate of drug-likeness (QED) is 0.0261. The van der Waals surface area contributed by atoms with Gasteiger partial charge in [-0.2, -0.15) is 0 Å². The lowest BCUT2D eigenvalue weighted by Gasteiger charge is -2.18. The van der Waals surface area contributed by atoms with Crippen molar-refractivity contribution in [2.45, 2.75) is 297 Å². The number of esters is 3. The van der Waals surface area contributed by atoms with Gasteiger partial charge < -0.3 is 14.2 Å². The maximum atomic E-state index is 12.9. The minimum absolute atomic E-state index is 0.0831. The molecular formula is C65H112O6. The minimum Gasteiger partial charge on any atom is -0.462 e. The summed E-state index contributed by atoms with van der Waals surface area (Å²) in [6.07, 6.45) is 77.1. The summed E-state index contributed by atoms with van der Waals surface area (Å²) in [5.74, 6) is -0.897. The Hall–Kier alpha value is -3.41. The molecule has 0 saturated carbocycles. The van der Waals surface area contributed by atoms with Crippen molar-refractivity contribution in [3.8, 4) is 0 Å². The molecule has 0 spiro atoms. The predicted octanol–water partition coefficient (Wildman–Crippen LogP) is 20.3. The summed E-state index contributed by atoms with van der Waals surface area (Å²) < 4.78 is 16.9. The fourth-order valence-electron chi connectivity index (χ4n) is 8.45. The number of allylic oxidation sites excluding steroid dienone is 14. The Morgan fingerprint density at radius 1 is 0.296 bits per heavy atom. The molecule has 1 atom stereocenters. The van der Waals surface area contributed by atoms with Crippen LogP contribution in [0.3, 0.4) is 0 Å². The fourth-order valence-corrected chi connectivity index (χ4v) is 8.45. The van der Waals surface area contributed by atoms with Gasteiger partial charge in [-0.15, -0.1) is 0 Å². The molecule has 0 N–H and O–H groups in total. The number of hydrogen-bond acceptors (Lipinski definition) is 6. The van der Waals surface area contributed by atoms with Gasteiger partial charge in [0, 0.05) is 19.3 Å². The van der Waals surface area contributed by atoms with Crippen LogP contribution in [-0.2, 0) is 28.6 Å². The highest BCUT2D eigenvalue weighted by molar-refractivity contribution is 5.71. The van der Waals surface area contributed by atoms with Gasteiger partial charge in [0.2, 0.25) is 0 Å². The molecule has 0 bridgehead atoms. The zero-order valence-electron chi connectivity index (χ0n) is 46.7. The van der Waals surface area contributed by atoms with E-state index in [1.807, 2.05) is 0 Å². The number of carbonyl (C=O) groups is 3. The van der Waals surface area contributed by atoms with Gasteiger partial charge in [0.05, 0.1) is 0 Å². The van der Waals surface area contributed by atoms with Gasteiger partial charge in [-0.3, -0.25) is 14.4 Å². The van der Waals surface area contributed by atoms with Crippen molar-refractivity contribution in [2.75, 3.05) is 13.2 Å². The molecule has 0 amide bonds. The number of hydrogen-bond donors (Lipinski definition) is 0. The SMILES string of the molecule is CC/C=C\C/C=C\C/C=C\C/C=C\CCCCCCCCC(=O)OCC(COC(=O)CCCCCCCCCCCCCCCCCCC)OC(=O)CCCCCCCCC/C=C\C/C=C\C/C=C\CC. The molecule has 0 saturated heterocycles. The lowest BCUT2D eigenvalue weighted by atomic mass is 10.0. The van der Waals surface area contributed by atoms with Gasteiger partial charge in [0.1, 0.15) is 13.2 Å². The lowest BCUT2D eigenvalue weighted by molar-refractivity contribution is -0.167. The Balaban J connectivity index is 4.41. The molecule has 0 radical (unpaired) electrons. The van der Waals surface area contributed by atoms with E-state index in [0.717, 1.165) is 116 Å². The highest BCUT2D eigenvalue weighted by Gasteiger charge is 2.19. The summed E-state index contributed by atoms with van der Waals surface area (Å²) in [5, 5.41) is 0. The number of carbonyl (C=O) groups excluding carboxylic acids is 3. The molecule has 0 heterocycles. The zero-order chi connectivity index (χ0) is 51.4. The first kappa shape index (κ1) is 67.6. The molecule has 0 aliphatic rings. The lowest BCUT2D eigenvalue weighted by Crippen LogP contribution is -2.30. The molecule has 71 heavy (non-hydrogen) atoms. The molecule has 0 fully saturated rings. The summed E-state index contributed by atoms with van der Waals surface area (Å²) in [6, 6.07) is 0. The molecule has 1 unspecified atom stereocenters. The van der Waals surface area contributed by atoms with Crippen LogP contribution in [0.2, 0.25) is 0 Å². The maximum absolute atomic E-state index is 12.9. The first-order chi connectivity index (χ1) is 35.0. The van der Waals surface area contributed by atoms with E-state index in [2.05, 4.69) is 106 Å². The van der Waals surface area contributed by atoms with E-state index in [-0.39, 0.29) is 31.1 Å². The van der Waals surface area contributed by atoms with Gasteiger partial charge in [-0.1, -0.05) is 266 Å². The first-order valence-corrected chi connectivity index (χ1v) is 30.1. The molecule has 0 rings (SSSR count). The van der Waals surface area contributed by atoms with Gasteiger partial charge in [0.15, 0.2) is 6.10 Å². The molecule has 0 aliphatic carbocycles. The molecule has 6 heteroatoms. The van der Waals surface area contributed by atoms with Crippen LogP contribution in [0.1, 0.15) is 290 Å². The van der Waals surface area contributed by atoms with Crippen molar-refractivity contribution in [3.05, 3.63) is 85.1 Å². The number of unbranched alkanes of at least 4 members (excludes halogenated alkanes) is 29. The number of rotatable bonds is 54. The average molecular weight is 990 g/mol. The summed E-state index contributed by atoms with van der Waals surface area (Å²) in [5.41, 5.74) is 0. The van der Waals surface area contributed by atoms with Crippen molar-refractivity contribution in [3.63, 3.8) is 0 Å². The Labute approximate surface area is 439 Å². The Kier molecular flexibility index (Phi) is 56.3. The van der Waals surface area contributed by atoms with Crippen LogP contribution >= 0.6 is 0 Å². The van der Waals surface area contributed by atoms with E-state index in [0.29, 0.717) is 19.3 Å². The van der Waals surface area contributed by atoms with Crippen LogP contribution in [0.4, 0.5) is 0 Å². The first-order valence-electron chi connectivity index (χ1n) is 30.1. The van der Waals surface area contributed by atoms with E-state index >= 15 is 0 Å². The highest BCUT2D eigenvalue weighted by atomic mass is 16.6. The topological polar surface area (TPSA) is 78.9 Å². The third kappa shape index (κ3) is 57.4. The molecule has 408 valence electrons. The third-order valence-electron chi connectivity index (χ3n) is 12.9. The third-order valence-corrected chi connectivity index (χ3v) is 12.9. The Morgan fingerprint density at radius 3 is 0.859 bits per heavy atom. The summed E-state index contributed by atoms with van der Waals surface area (Å²) >= 11 is 0. The predicted molar refractivity (Wildman–Crippen MR) is 307 cm³/mol. The second-order valence-electron chi connectivity index (χ2n) is 19.9. The molecular weight excluding hydrogens is 877 g/mol. The van der Waals surface area contributed by atoms with Gasteiger partial charge in [-0.25, -0.2) is 0 Å². The molecule has 0 aromatic rings. The second-order valence-corrected chi connectivity index (χ2v) is 19.9. The zero-order valence-corrected chi connectivity index (χ0v) is 46.7. The van der Waals surface area contributed by atoms with E-state index in [1.54, 1.807) is 0 Å². The minimum atomic E-state index is -0.788. The summed E-state index contributed by atoms with van der Waals surface area (Å²) in [6.45, 7) is 6.43. The van der Waals surface area contributed by atoms with E-state index in [9.17, 15) is 14.4 Å². The average Bonchev–Trinajstić information content (AvgIpc) is 3.37. The van der Waals surface area contributed by atoms with E-state index in [1.165, 1.54) is 135 Å². The van der Waals surface area contributed by atoms with Crippen LogP contribution in [0.15, 0.2) is 85.1 Å². The maximum Gasteiger partial charge on any atom is 0.306 e. The van der Waals surface area contributed by atoms with Crippen LogP contribution in [-0.4, -0.2) is 37.2 Å². The summed E-state index contributed by atoms with van der Waals surface area (Å²) in [4.78, 5) is 38.3. The van der Waals surface area contributed by atoms with Crippen LogP contribution in [0.5, 0.6) is 0 Å². The monoisotopic (exact) mass is 989 g/mol. The van der Waals surface area contributed by atoms with Gasteiger partial charge in [0.25, 0.3) is 0 Å². The summed E-state index contributed by atoms with van der Waals surface area (Å²) in [7, 11) is 0. The molecule has 0 aliphatic heterocycles. The van der Waals surface area contributed by atoms with E-state index in [4.69, 9.17) is 14.2 Å². The molecule has 0 aromatic heterocycles. The van der Waals surface area contributed by atoms with Crippen molar-refractivity contribution < 1.29 is 28.6 Å². The van der Waals surface area contributed by atoms with E-state index < -0.39 is 6.10 Å². The number of ether oxygens (including phenoxy) is 3. The van der Waals surface area contributed by atoms with Crippen molar-refractivity contribution in [1.82, 2.24) is 0 Å². The smallest absolute Gasteiger partial charge is 0.306 e. The van der Waals surface area contributed by atoms with Crippen molar-refractivity contribution in [2.24, 2.45) is 0 Å². The van der Waals surface area contributed by atoms with Gasteiger partial charge in [-0.05, 0) is 89.9 Å². The van der Waals surface area contributed by atoms with Gasteiger partial charge >= 0.3 is 17.9 Å². The standard InChI is InChI=1S/C65H112O6/c1-4-7-10-13-16-19-22-25-28-31-32-35-37-40-43-46-49-52-55-58-64(67)70-61-62(71-65(68)59-56-53-50-47-44-41-38-34-30-27-24-21-18-15-12-9-6-3)60-69-63(66)57-54-51-48-45-42-39-36-33-29-26-23-20-17-14-11-8-5-2/h7,9-10,12,16,18-19,21,25,27-28,30,32,35,62H,4-6,8,11,13-15,17,20,22-24,26,29,31,33-34,36-61H2,1-3H3/b10-7-,12-9-,19-16-,21-18-,28-25-,30-27-,35-32-. The fraction of sp³-hybridized carbons (Fsp3) is 0.738.